The fraction of sp³-hybridized carbons (Fsp3) is 0.571. The summed E-state index contributed by atoms with van der Waals surface area (Å²) in [6.07, 6.45) is -6.71. The molecule has 0 spiro atoms. The molecule has 1 heterocycles. The van der Waals surface area contributed by atoms with Crippen molar-refractivity contribution in [3.63, 3.8) is 0 Å². The van der Waals surface area contributed by atoms with Gasteiger partial charge in [-0.2, -0.15) is 0 Å². The van der Waals surface area contributed by atoms with Crippen molar-refractivity contribution in [2.45, 2.75) is 62.4 Å². The summed E-state index contributed by atoms with van der Waals surface area (Å²) < 4.78 is 65.1. The number of carbonyl (C=O) groups excluding carboxylic acids is 6. The molecule has 0 aromatic heterocycles. The second-order valence-corrected chi connectivity index (χ2v) is 16.1. The molecule has 0 aromatic rings. The summed E-state index contributed by atoms with van der Waals surface area (Å²) in [5.74, 6) is -20.6. The molecule has 320 valence electrons. The Balaban J connectivity index is 3.83. The van der Waals surface area contributed by atoms with E-state index in [1.54, 1.807) is 0 Å². The number of carbonyl (C=O) groups is 10. The van der Waals surface area contributed by atoms with Crippen LogP contribution in [0, 0.1) is 0 Å². The molecule has 0 saturated heterocycles. The minimum absolute atomic E-state index is 0.0866. The number of hydrogen-bond donors (Lipinski definition) is 9. The van der Waals surface area contributed by atoms with Crippen molar-refractivity contribution in [2.75, 3.05) is 38.0 Å². The van der Waals surface area contributed by atoms with Gasteiger partial charge in [0.25, 0.3) is 17.4 Å². The number of likely N-dealkylation sites (N-methyl/N-ethyl adjacent to an activating group) is 2. The van der Waals surface area contributed by atoms with Crippen LogP contribution >= 0.6 is 0 Å². The first-order chi connectivity index (χ1) is 26.0. The van der Waals surface area contributed by atoms with Crippen molar-refractivity contribution in [1.29, 1.82) is 0 Å². The van der Waals surface area contributed by atoms with Crippen LogP contribution in [0.25, 0.3) is 0 Å². The van der Waals surface area contributed by atoms with Crippen molar-refractivity contribution in [3.05, 3.63) is 10.7 Å². The number of ether oxygens (including phenoxy) is 2. The third-order valence-electron chi connectivity index (χ3n) is 7.69. The number of nitrogens with two attached hydrogens (primary N) is 2. The lowest BCUT2D eigenvalue weighted by atomic mass is 10.1. The normalized spacial score (nSPS) is 17.5. The number of imide groups is 2. The minimum atomic E-state index is -5.73. The zero-order chi connectivity index (χ0) is 44.4. The Morgan fingerprint density at radius 1 is 0.772 bits per heavy atom. The highest BCUT2D eigenvalue weighted by molar-refractivity contribution is 7.95. The number of amides is 6. The number of carboxylic acid groups (broad SMARTS) is 4. The lowest BCUT2D eigenvalue weighted by Gasteiger charge is -2.29. The Kier molecular flexibility index (Phi) is 17.0. The van der Waals surface area contributed by atoms with Crippen LogP contribution < -0.4 is 22.1 Å². The van der Waals surface area contributed by atoms with Gasteiger partial charge in [0.2, 0.25) is 17.6 Å². The summed E-state index contributed by atoms with van der Waals surface area (Å²) in [5.41, 5.74) is 6.92. The molecule has 11 N–H and O–H groups in total. The molecule has 27 nitrogen and oxygen atoms in total. The van der Waals surface area contributed by atoms with Gasteiger partial charge in [-0.15, -0.1) is 0 Å². The number of hydrogen-bond acceptors (Lipinski definition) is 19. The first kappa shape index (κ1) is 49.1. The molecule has 6 amide bonds. The molecular formula is C28H40N6O21S2. The highest BCUT2D eigenvalue weighted by atomic mass is 32.2. The quantitative estimate of drug-likeness (QED) is 0.0488. The third-order valence-corrected chi connectivity index (χ3v) is 11.3. The van der Waals surface area contributed by atoms with E-state index >= 15 is 0 Å². The Labute approximate surface area is 321 Å². The molecular weight excluding hydrogens is 820 g/mol. The van der Waals surface area contributed by atoms with Crippen LogP contribution in [0.4, 0.5) is 9.59 Å². The molecule has 0 bridgehead atoms. The number of rotatable bonds is 21. The van der Waals surface area contributed by atoms with E-state index in [1.165, 1.54) is 0 Å². The summed E-state index contributed by atoms with van der Waals surface area (Å²) >= 11 is 0. The van der Waals surface area contributed by atoms with Crippen molar-refractivity contribution in [3.8, 4) is 0 Å². The van der Waals surface area contributed by atoms with Gasteiger partial charge in [0.1, 0.15) is 34.8 Å². The second-order valence-electron chi connectivity index (χ2n) is 12.0. The molecule has 0 aromatic carbocycles. The molecule has 5 unspecified atom stereocenters. The largest absolute Gasteiger partial charge is 0.501 e. The average molecular weight is 861 g/mol. The van der Waals surface area contributed by atoms with Crippen LogP contribution in [0.1, 0.15) is 32.6 Å². The van der Waals surface area contributed by atoms with Crippen molar-refractivity contribution >= 4 is 79.4 Å². The summed E-state index contributed by atoms with van der Waals surface area (Å²) in [6.45, 7) is 0.420. The van der Waals surface area contributed by atoms with Crippen LogP contribution in [0.2, 0.25) is 0 Å². The van der Waals surface area contributed by atoms with E-state index in [-0.39, 0.29) is 9.80 Å². The Morgan fingerprint density at radius 2 is 1.18 bits per heavy atom. The maximum Gasteiger partial charge on any atom is 0.413 e. The molecule has 0 aliphatic carbocycles. The van der Waals surface area contributed by atoms with Gasteiger partial charge in [-0.1, -0.05) is 0 Å². The number of sulfone groups is 2. The highest BCUT2D eigenvalue weighted by Gasteiger charge is 2.63. The van der Waals surface area contributed by atoms with Crippen LogP contribution in [0.5, 0.6) is 0 Å². The fourth-order valence-electron chi connectivity index (χ4n) is 4.76. The predicted octanol–water partition coefficient (Wildman–Crippen LogP) is -4.93. The zero-order valence-corrected chi connectivity index (χ0v) is 31.7. The van der Waals surface area contributed by atoms with Gasteiger partial charge < -0.3 is 57.1 Å². The topological polar surface area (TPSA) is 441 Å². The van der Waals surface area contributed by atoms with Crippen molar-refractivity contribution in [1.82, 2.24) is 20.4 Å². The number of nitrogens with one attached hydrogen (secondary N) is 2. The van der Waals surface area contributed by atoms with Crippen LogP contribution in [0.15, 0.2) is 10.7 Å². The molecule has 0 fully saturated rings. The van der Waals surface area contributed by atoms with E-state index in [0.717, 1.165) is 6.92 Å². The molecule has 0 saturated carbocycles. The van der Waals surface area contributed by atoms with Crippen LogP contribution in [-0.2, 0) is 67.5 Å². The van der Waals surface area contributed by atoms with E-state index in [4.69, 9.17) is 31.2 Å². The molecule has 29 heteroatoms. The SMILES string of the molecule is CCOC(=O)C1(CS(=O)(=O)CC(NC(=O)CCC(N)C(=O)O)C(=O)N(C)C(=O)O)OC(=O)C(O)=C1S(=O)(=O)CC(NC(=O)CCC(N)C(=O)O)C(=O)N(C)C(=O)O. The first-order valence-corrected chi connectivity index (χ1v) is 19.4. The summed E-state index contributed by atoms with van der Waals surface area (Å²) in [7, 11) is -9.88. The van der Waals surface area contributed by atoms with E-state index < -0.39 is 169 Å². The van der Waals surface area contributed by atoms with E-state index in [2.05, 4.69) is 0 Å². The van der Waals surface area contributed by atoms with Gasteiger partial charge in [0.05, 0.1) is 18.1 Å². The zero-order valence-electron chi connectivity index (χ0n) is 30.1. The van der Waals surface area contributed by atoms with Gasteiger partial charge in [-0.25, -0.2) is 45.8 Å². The standard InChI is InChI=1S/C28H40N6O21S2/c1-4-54-25(45)28(11-56(50,51)9-14(20(38)33(2)26(46)47)31-16(35)7-5-12(29)22(40)41)19(18(37)24(44)55-28)57(52,53)10-15(21(39)34(3)27(48)49)32-17(36)8-6-13(30)23(42)43/h12-15,37H,4-11,29-30H2,1-3H3,(H,31,35)(H,32,36)(H,40,41)(H,42,43)(H,46,47)(H,48,49). The van der Waals surface area contributed by atoms with Gasteiger partial charge in [0, 0.05) is 26.9 Å². The van der Waals surface area contributed by atoms with Gasteiger partial charge in [-0.05, 0) is 19.8 Å². The van der Waals surface area contributed by atoms with Crippen LogP contribution in [0.3, 0.4) is 0 Å². The number of cyclic esters (lactones) is 1. The first-order valence-electron chi connectivity index (χ1n) is 15.9. The fourth-order valence-corrected chi connectivity index (χ4v) is 8.55. The van der Waals surface area contributed by atoms with Crippen LogP contribution in [-0.4, -0.2) is 180 Å². The van der Waals surface area contributed by atoms with Gasteiger partial charge in [0.15, 0.2) is 19.7 Å². The maximum absolute atomic E-state index is 14.0. The Bertz CT molecular complexity index is 1930. The number of aliphatic hydroxyl groups is 1. The lowest BCUT2D eigenvalue weighted by Crippen LogP contribution is -2.56. The Hall–Kier alpha value is -5.94. The molecule has 1 aliphatic rings. The molecule has 0 radical (unpaired) electrons. The average Bonchev–Trinajstić information content (AvgIpc) is 3.36. The number of aliphatic hydroxyl groups excluding tert-OH is 1. The van der Waals surface area contributed by atoms with E-state index in [1.807, 2.05) is 10.6 Å². The number of esters is 2. The van der Waals surface area contributed by atoms with E-state index in [0.29, 0.717) is 14.1 Å². The maximum atomic E-state index is 14.0. The third kappa shape index (κ3) is 13.1. The highest BCUT2D eigenvalue weighted by Crippen LogP contribution is 2.39. The van der Waals surface area contributed by atoms with Gasteiger partial charge in [-0.3, -0.25) is 28.8 Å². The second kappa shape index (κ2) is 19.8. The smallest absolute Gasteiger partial charge is 0.413 e. The predicted molar refractivity (Wildman–Crippen MR) is 183 cm³/mol. The van der Waals surface area contributed by atoms with Gasteiger partial charge >= 0.3 is 36.1 Å². The molecule has 1 rings (SSSR count). The molecule has 5 atom stereocenters. The monoisotopic (exact) mass is 860 g/mol. The summed E-state index contributed by atoms with van der Waals surface area (Å²) in [5, 5.41) is 50.9. The van der Waals surface area contributed by atoms with Crippen molar-refractivity contribution < 1.29 is 99.8 Å². The van der Waals surface area contributed by atoms with E-state index in [9.17, 15) is 80.1 Å². The lowest BCUT2D eigenvalue weighted by molar-refractivity contribution is -0.170. The minimum Gasteiger partial charge on any atom is -0.501 e. The summed E-state index contributed by atoms with van der Waals surface area (Å²) in [6, 6.07) is -8.12. The number of aliphatic carboxylic acids is 2. The number of nitrogens with zero attached hydrogens (tertiary/aromatic N) is 2. The molecule has 1 aliphatic heterocycles. The molecule has 57 heavy (non-hydrogen) atoms. The Morgan fingerprint density at radius 3 is 1.54 bits per heavy atom. The van der Waals surface area contributed by atoms with Crippen molar-refractivity contribution in [2.24, 2.45) is 11.5 Å². The summed E-state index contributed by atoms with van der Waals surface area (Å²) in [4.78, 5) is 120. The number of carboxylic acids is 2.